The zero-order valence-electron chi connectivity index (χ0n) is 16.7. The number of esters is 1. The van der Waals surface area contributed by atoms with Gasteiger partial charge in [-0.2, -0.15) is 0 Å². The van der Waals surface area contributed by atoms with E-state index in [0.29, 0.717) is 6.61 Å². The maximum absolute atomic E-state index is 11.7. The molecule has 0 aliphatic heterocycles. The minimum atomic E-state index is -0.00220. The first-order valence-electron chi connectivity index (χ1n) is 10.6. The molecular formula is C22H42O2. The fraction of sp³-hybridized carbons (Fsp3) is 0.864. The third-order valence-electron chi connectivity index (χ3n) is 4.68. The molecule has 1 unspecified atom stereocenters. The maximum atomic E-state index is 11.7. The first-order chi connectivity index (χ1) is 11.8. The van der Waals surface area contributed by atoms with Crippen molar-refractivity contribution in [2.75, 3.05) is 6.61 Å². The van der Waals surface area contributed by atoms with Crippen LogP contribution in [0.2, 0.25) is 0 Å². The summed E-state index contributed by atoms with van der Waals surface area (Å²) >= 11 is 0. The van der Waals surface area contributed by atoms with Crippen LogP contribution in [-0.4, -0.2) is 12.6 Å². The van der Waals surface area contributed by atoms with Crippen LogP contribution in [0.3, 0.4) is 0 Å². The lowest BCUT2D eigenvalue weighted by molar-refractivity contribution is -0.148. The van der Waals surface area contributed by atoms with E-state index >= 15 is 0 Å². The molecule has 0 fully saturated rings. The lowest BCUT2D eigenvalue weighted by Crippen LogP contribution is -2.16. The van der Waals surface area contributed by atoms with Gasteiger partial charge in [-0.3, -0.25) is 4.79 Å². The van der Waals surface area contributed by atoms with E-state index in [4.69, 9.17) is 4.74 Å². The quantitative estimate of drug-likeness (QED) is 0.159. The zero-order valence-corrected chi connectivity index (χ0v) is 16.7. The summed E-state index contributed by atoms with van der Waals surface area (Å²) in [5.74, 6) is 0.111. The molecule has 0 aliphatic carbocycles. The van der Waals surface area contributed by atoms with Crippen molar-refractivity contribution in [1.29, 1.82) is 0 Å². The number of carbonyl (C=O) groups is 1. The van der Waals surface area contributed by atoms with Gasteiger partial charge in [0.25, 0.3) is 0 Å². The van der Waals surface area contributed by atoms with Crippen LogP contribution in [0.5, 0.6) is 0 Å². The van der Waals surface area contributed by atoms with Gasteiger partial charge in [-0.05, 0) is 45.4 Å². The van der Waals surface area contributed by atoms with Crippen molar-refractivity contribution in [2.24, 2.45) is 5.92 Å². The summed E-state index contributed by atoms with van der Waals surface area (Å²) in [6.45, 7) is 6.73. The van der Waals surface area contributed by atoms with E-state index in [1.165, 1.54) is 70.6 Å². The first kappa shape index (κ1) is 23.2. The molecule has 142 valence electrons. The van der Waals surface area contributed by atoms with Gasteiger partial charge in [0.05, 0.1) is 12.5 Å². The molecule has 24 heavy (non-hydrogen) atoms. The predicted molar refractivity (Wildman–Crippen MR) is 105 cm³/mol. The number of allylic oxidation sites excluding steroid dienone is 2. The third kappa shape index (κ3) is 14.8. The highest BCUT2D eigenvalue weighted by Gasteiger charge is 2.16. The van der Waals surface area contributed by atoms with E-state index in [-0.39, 0.29) is 11.9 Å². The van der Waals surface area contributed by atoms with Crippen molar-refractivity contribution in [1.82, 2.24) is 0 Å². The molecule has 0 amide bonds. The molecule has 0 bridgehead atoms. The summed E-state index contributed by atoms with van der Waals surface area (Å²) in [6, 6.07) is 0. The molecule has 0 heterocycles. The molecule has 0 aromatic carbocycles. The molecule has 0 aromatic heterocycles. The Morgan fingerprint density at radius 3 is 1.88 bits per heavy atom. The van der Waals surface area contributed by atoms with Gasteiger partial charge < -0.3 is 4.74 Å². The van der Waals surface area contributed by atoms with Crippen LogP contribution in [-0.2, 0) is 9.53 Å². The second kappa shape index (κ2) is 18.5. The lowest BCUT2D eigenvalue weighted by Gasteiger charge is -2.12. The van der Waals surface area contributed by atoms with Crippen LogP contribution in [0.4, 0.5) is 0 Å². The molecule has 2 nitrogen and oxygen atoms in total. The second-order valence-corrected chi connectivity index (χ2v) is 6.88. The van der Waals surface area contributed by atoms with Crippen LogP contribution in [0.15, 0.2) is 12.2 Å². The van der Waals surface area contributed by atoms with E-state index in [1.54, 1.807) is 0 Å². The van der Waals surface area contributed by atoms with Crippen molar-refractivity contribution >= 4 is 5.97 Å². The van der Waals surface area contributed by atoms with E-state index in [2.05, 4.69) is 26.0 Å². The highest BCUT2D eigenvalue weighted by Crippen LogP contribution is 2.16. The Balaban J connectivity index is 3.37. The van der Waals surface area contributed by atoms with Gasteiger partial charge in [0, 0.05) is 0 Å². The second-order valence-electron chi connectivity index (χ2n) is 6.88. The van der Waals surface area contributed by atoms with Gasteiger partial charge in [-0.25, -0.2) is 0 Å². The van der Waals surface area contributed by atoms with Crippen LogP contribution in [0.25, 0.3) is 0 Å². The number of unbranched alkanes of at least 4 members (excludes halogenated alkanes) is 10. The predicted octanol–water partition coefficient (Wildman–Crippen LogP) is 7.22. The molecule has 1 atom stereocenters. The molecule has 0 aliphatic rings. The van der Waals surface area contributed by atoms with Crippen molar-refractivity contribution < 1.29 is 9.53 Å². The molecular weight excluding hydrogens is 296 g/mol. The molecule has 0 radical (unpaired) electrons. The van der Waals surface area contributed by atoms with Gasteiger partial charge >= 0.3 is 5.97 Å². The normalized spacial score (nSPS) is 12.6. The van der Waals surface area contributed by atoms with E-state index < -0.39 is 0 Å². The van der Waals surface area contributed by atoms with Gasteiger partial charge in [-0.15, -0.1) is 0 Å². The smallest absolute Gasteiger partial charge is 0.308 e. The molecule has 0 aromatic rings. The Morgan fingerprint density at radius 1 is 0.792 bits per heavy atom. The number of carbonyl (C=O) groups excluding carboxylic acids is 1. The van der Waals surface area contributed by atoms with Crippen molar-refractivity contribution in [3.63, 3.8) is 0 Å². The van der Waals surface area contributed by atoms with Crippen molar-refractivity contribution in [2.45, 2.75) is 111 Å². The largest absolute Gasteiger partial charge is 0.466 e. The SMILES string of the molecule is CCCCCCCC/C=C/CCCCCCC(CC)C(=O)OCC. The molecule has 0 saturated heterocycles. The van der Waals surface area contributed by atoms with Gasteiger partial charge in [0.15, 0.2) is 0 Å². The molecule has 0 spiro atoms. The van der Waals surface area contributed by atoms with Crippen LogP contribution < -0.4 is 0 Å². The molecule has 0 saturated carbocycles. The Kier molecular flexibility index (Phi) is 17.9. The van der Waals surface area contributed by atoms with E-state index in [0.717, 1.165) is 19.3 Å². The Labute approximate surface area is 151 Å². The Bertz CT molecular complexity index is 296. The molecule has 0 N–H and O–H groups in total. The first-order valence-corrected chi connectivity index (χ1v) is 10.6. The van der Waals surface area contributed by atoms with Crippen molar-refractivity contribution in [3.05, 3.63) is 12.2 Å². The van der Waals surface area contributed by atoms with E-state index in [1.807, 2.05) is 6.92 Å². The maximum Gasteiger partial charge on any atom is 0.308 e. The average molecular weight is 339 g/mol. The van der Waals surface area contributed by atoms with Crippen molar-refractivity contribution in [3.8, 4) is 0 Å². The number of ether oxygens (including phenoxy) is 1. The monoisotopic (exact) mass is 338 g/mol. The molecule has 0 rings (SSSR count). The summed E-state index contributed by atoms with van der Waals surface area (Å²) in [7, 11) is 0. The zero-order chi connectivity index (χ0) is 17.9. The fourth-order valence-electron chi connectivity index (χ4n) is 3.03. The minimum absolute atomic E-state index is 0.00220. The highest BCUT2D eigenvalue weighted by molar-refractivity contribution is 5.72. The van der Waals surface area contributed by atoms with Gasteiger partial charge in [0.2, 0.25) is 0 Å². The minimum Gasteiger partial charge on any atom is -0.466 e. The topological polar surface area (TPSA) is 26.3 Å². The summed E-state index contributed by atoms with van der Waals surface area (Å²) in [4.78, 5) is 11.7. The third-order valence-corrected chi connectivity index (χ3v) is 4.68. The van der Waals surface area contributed by atoms with Crippen LogP contribution >= 0.6 is 0 Å². The summed E-state index contributed by atoms with van der Waals surface area (Å²) in [5.41, 5.74) is 0. The summed E-state index contributed by atoms with van der Waals surface area (Å²) < 4.78 is 5.12. The Morgan fingerprint density at radius 2 is 1.33 bits per heavy atom. The van der Waals surface area contributed by atoms with Crippen LogP contribution in [0.1, 0.15) is 111 Å². The summed E-state index contributed by atoms with van der Waals surface area (Å²) in [5, 5.41) is 0. The lowest BCUT2D eigenvalue weighted by atomic mass is 9.98. The van der Waals surface area contributed by atoms with E-state index in [9.17, 15) is 4.79 Å². The van der Waals surface area contributed by atoms with Crippen LogP contribution in [0, 0.1) is 5.92 Å². The van der Waals surface area contributed by atoms with Gasteiger partial charge in [-0.1, -0.05) is 77.4 Å². The number of hydrogen-bond acceptors (Lipinski definition) is 2. The highest BCUT2D eigenvalue weighted by atomic mass is 16.5. The van der Waals surface area contributed by atoms with Gasteiger partial charge in [0.1, 0.15) is 0 Å². The number of hydrogen-bond donors (Lipinski definition) is 0. The number of rotatable bonds is 17. The standard InChI is InChI=1S/C22H42O2/c1-4-7-8-9-10-11-12-13-14-15-16-17-18-19-20-21(5-2)22(23)24-6-3/h13-14,21H,4-12,15-20H2,1-3H3/b14-13+. The fourth-order valence-corrected chi connectivity index (χ4v) is 3.03. The summed E-state index contributed by atoms with van der Waals surface area (Å²) in [6.07, 6.45) is 22.3. The Hall–Kier alpha value is -0.790. The average Bonchev–Trinajstić information content (AvgIpc) is 2.58. The molecule has 2 heteroatoms.